The van der Waals surface area contributed by atoms with Crippen LogP contribution in [0.15, 0.2) is 24.3 Å². The third-order valence-corrected chi connectivity index (χ3v) is 5.99. The van der Waals surface area contributed by atoms with Crippen LogP contribution in [0.5, 0.6) is 0 Å². The molecule has 5 rings (SSSR count). The van der Waals surface area contributed by atoms with E-state index in [0.717, 1.165) is 12.8 Å². The third-order valence-electron chi connectivity index (χ3n) is 5.99. The minimum Gasteiger partial charge on any atom is -0.447 e. The van der Waals surface area contributed by atoms with E-state index in [1.807, 2.05) is 6.07 Å². The van der Waals surface area contributed by atoms with Crippen molar-refractivity contribution < 1.29 is 13.9 Å². The lowest BCUT2D eigenvalue weighted by Gasteiger charge is -2.63. The molecule has 4 atom stereocenters. The second-order valence-corrected chi connectivity index (χ2v) is 7.04. The van der Waals surface area contributed by atoms with E-state index >= 15 is 0 Å². The quantitative estimate of drug-likeness (QED) is 0.834. The topological polar surface area (TPSA) is 114 Å². The number of rotatable bonds is 1. The van der Waals surface area contributed by atoms with Gasteiger partial charge in [0.1, 0.15) is 11.9 Å². The van der Waals surface area contributed by atoms with Crippen molar-refractivity contribution in [1.29, 1.82) is 21.2 Å². The van der Waals surface area contributed by atoms with Crippen LogP contribution in [0.2, 0.25) is 0 Å². The second kappa shape index (κ2) is 5.27. The summed E-state index contributed by atoms with van der Waals surface area (Å²) in [6.45, 7) is 0. The van der Waals surface area contributed by atoms with Crippen molar-refractivity contribution in [1.82, 2.24) is 0 Å². The maximum Gasteiger partial charge on any atom is 0.218 e. The lowest BCUT2D eigenvalue weighted by molar-refractivity contribution is -0.360. The average molecular weight is 350 g/mol. The summed E-state index contributed by atoms with van der Waals surface area (Å²) in [5, 5.41) is 38.6. The zero-order chi connectivity index (χ0) is 18.6. The van der Waals surface area contributed by atoms with Crippen LogP contribution in [-0.4, -0.2) is 11.7 Å². The summed E-state index contributed by atoms with van der Waals surface area (Å²) in [4.78, 5) is 0. The second-order valence-electron chi connectivity index (χ2n) is 7.04. The number of hydrogen-bond acceptors (Lipinski definition) is 6. The minimum atomic E-state index is -1.90. The SMILES string of the molecule is N#CC1(C#N)[C@H]2CCCC[C@]23OC(=N)[C@@]1(C#N)[C@@H](c1ccc(F)cc1)O3. The van der Waals surface area contributed by atoms with E-state index in [2.05, 4.69) is 12.1 Å². The summed E-state index contributed by atoms with van der Waals surface area (Å²) in [6, 6.07) is 11.5. The molecule has 7 heteroatoms. The molecule has 1 aromatic rings. The monoisotopic (exact) mass is 350 g/mol. The van der Waals surface area contributed by atoms with Gasteiger partial charge in [0.2, 0.25) is 11.7 Å². The summed E-state index contributed by atoms with van der Waals surface area (Å²) in [5.74, 6) is -2.77. The van der Waals surface area contributed by atoms with Gasteiger partial charge in [-0.1, -0.05) is 18.6 Å². The first-order chi connectivity index (χ1) is 12.5. The smallest absolute Gasteiger partial charge is 0.218 e. The van der Waals surface area contributed by atoms with Crippen molar-refractivity contribution in [3.05, 3.63) is 35.6 Å². The van der Waals surface area contributed by atoms with Gasteiger partial charge in [0.25, 0.3) is 0 Å². The Balaban J connectivity index is 2.00. The Bertz CT molecular complexity index is 895. The van der Waals surface area contributed by atoms with E-state index in [0.29, 0.717) is 18.4 Å². The van der Waals surface area contributed by atoms with Gasteiger partial charge >= 0.3 is 0 Å². The molecule has 2 bridgehead atoms. The van der Waals surface area contributed by atoms with Crippen LogP contribution >= 0.6 is 0 Å². The Morgan fingerprint density at radius 2 is 1.77 bits per heavy atom. The molecule has 3 aliphatic heterocycles. The molecule has 1 N–H and O–H groups in total. The van der Waals surface area contributed by atoms with Gasteiger partial charge in [-0.15, -0.1) is 0 Å². The molecule has 3 saturated heterocycles. The Kier molecular flexibility index (Phi) is 3.35. The summed E-state index contributed by atoms with van der Waals surface area (Å²) >= 11 is 0. The van der Waals surface area contributed by atoms with Gasteiger partial charge in [-0.05, 0) is 30.5 Å². The molecule has 26 heavy (non-hydrogen) atoms. The molecule has 1 aromatic carbocycles. The van der Waals surface area contributed by atoms with E-state index < -0.39 is 40.4 Å². The Morgan fingerprint density at radius 1 is 1.08 bits per heavy atom. The summed E-state index contributed by atoms with van der Waals surface area (Å²) in [5.41, 5.74) is -3.23. The lowest BCUT2D eigenvalue weighted by Crippen LogP contribution is -2.73. The van der Waals surface area contributed by atoms with Gasteiger partial charge in [-0.2, -0.15) is 15.8 Å². The first kappa shape index (κ1) is 16.5. The number of nitriles is 3. The van der Waals surface area contributed by atoms with Crippen LogP contribution in [0.4, 0.5) is 4.39 Å². The molecule has 0 radical (unpaired) electrons. The molecule has 4 fully saturated rings. The van der Waals surface area contributed by atoms with Gasteiger partial charge < -0.3 is 9.47 Å². The highest BCUT2D eigenvalue weighted by molar-refractivity contribution is 5.89. The van der Waals surface area contributed by atoms with Crippen molar-refractivity contribution in [2.45, 2.75) is 37.6 Å². The summed E-state index contributed by atoms with van der Waals surface area (Å²) in [7, 11) is 0. The fourth-order valence-corrected chi connectivity index (χ4v) is 4.78. The van der Waals surface area contributed by atoms with Gasteiger partial charge in [-0.3, -0.25) is 5.41 Å². The average Bonchev–Trinajstić information content (AvgIpc) is 2.66. The van der Waals surface area contributed by atoms with Crippen LogP contribution in [0.25, 0.3) is 0 Å². The van der Waals surface area contributed by atoms with Gasteiger partial charge in [-0.25, -0.2) is 4.39 Å². The lowest BCUT2D eigenvalue weighted by atomic mass is 9.48. The van der Waals surface area contributed by atoms with Gasteiger partial charge in [0, 0.05) is 6.42 Å². The molecular weight excluding hydrogens is 335 g/mol. The van der Waals surface area contributed by atoms with E-state index in [4.69, 9.17) is 14.9 Å². The summed E-state index contributed by atoms with van der Waals surface area (Å²) in [6.07, 6.45) is 1.45. The predicted molar refractivity (Wildman–Crippen MR) is 85.4 cm³/mol. The fraction of sp³-hybridized carbons (Fsp3) is 0.474. The van der Waals surface area contributed by atoms with E-state index in [1.165, 1.54) is 24.3 Å². The third kappa shape index (κ3) is 1.68. The Labute approximate surface area is 149 Å². The van der Waals surface area contributed by atoms with Crippen LogP contribution in [-0.2, 0) is 9.47 Å². The highest BCUT2D eigenvalue weighted by atomic mass is 19.1. The van der Waals surface area contributed by atoms with E-state index in [9.17, 15) is 20.2 Å². The fourth-order valence-electron chi connectivity index (χ4n) is 4.78. The molecule has 3 heterocycles. The number of hydrogen-bond donors (Lipinski definition) is 1. The van der Waals surface area contributed by atoms with Crippen molar-refractivity contribution in [2.24, 2.45) is 16.7 Å². The predicted octanol–water partition coefficient (Wildman–Crippen LogP) is 3.33. The molecular formula is C19H15FN4O2. The number of benzene rings is 1. The van der Waals surface area contributed by atoms with Crippen molar-refractivity contribution in [3.8, 4) is 18.2 Å². The zero-order valence-electron chi connectivity index (χ0n) is 13.8. The van der Waals surface area contributed by atoms with E-state index in [-0.39, 0.29) is 0 Å². The molecule has 4 aliphatic rings. The number of nitrogens with one attached hydrogen (secondary N) is 1. The molecule has 130 valence electrons. The van der Waals surface area contributed by atoms with Crippen molar-refractivity contribution in [3.63, 3.8) is 0 Å². The standard InChI is InChI=1S/C19H15FN4O2/c20-13-6-4-12(5-7-13)15-18(11-23)16(24)26-19(25-15)8-2-1-3-14(19)17(18,9-21)10-22/h4-7,14-15,24H,1-3,8H2/t14-,15-,18-,19+/m1/s1. The van der Waals surface area contributed by atoms with Gasteiger partial charge in [0.15, 0.2) is 10.8 Å². The minimum absolute atomic E-state index is 0.415. The maximum atomic E-state index is 13.4. The first-order valence-electron chi connectivity index (χ1n) is 8.45. The Morgan fingerprint density at radius 3 is 2.38 bits per heavy atom. The zero-order valence-corrected chi connectivity index (χ0v) is 13.8. The molecule has 0 amide bonds. The van der Waals surface area contributed by atoms with Crippen LogP contribution in [0.3, 0.4) is 0 Å². The highest BCUT2D eigenvalue weighted by Crippen LogP contribution is 2.69. The summed E-state index contributed by atoms with van der Waals surface area (Å²) < 4.78 is 25.4. The number of fused-ring (bicyclic) bond motifs is 2. The molecule has 0 aromatic heterocycles. The van der Waals surface area contributed by atoms with Crippen LogP contribution in [0, 0.1) is 62.0 Å². The number of ether oxygens (including phenoxy) is 2. The van der Waals surface area contributed by atoms with Crippen LogP contribution in [0.1, 0.15) is 37.4 Å². The number of nitrogens with zero attached hydrogens (tertiary/aromatic N) is 3. The maximum absolute atomic E-state index is 13.4. The molecule has 1 saturated carbocycles. The molecule has 1 aliphatic carbocycles. The van der Waals surface area contributed by atoms with Gasteiger partial charge in [0.05, 0.1) is 24.1 Å². The number of halogens is 1. The molecule has 0 unspecified atom stereocenters. The first-order valence-corrected chi connectivity index (χ1v) is 8.45. The largest absolute Gasteiger partial charge is 0.447 e. The normalized spacial score (nSPS) is 36.8. The van der Waals surface area contributed by atoms with Crippen LogP contribution < -0.4 is 0 Å². The highest BCUT2D eigenvalue weighted by Gasteiger charge is 2.80. The Hall–Kier alpha value is -2.95. The molecule has 1 spiro atoms. The molecule has 6 nitrogen and oxygen atoms in total. The van der Waals surface area contributed by atoms with Crippen molar-refractivity contribution >= 4 is 5.90 Å². The van der Waals surface area contributed by atoms with Crippen molar-refractivity contribution in [2.75, 3.05) is 0 Å². The van der Waals surface area contributed by atoms with E-state index in [1.54, 1.807) is 0 Å².